The van der Waals surface area contributed by atoms with Crippen LogP contribution in [0.1, 0.15) is 46.5 Å². The third-order valence-electron chi connectivity index (χ3n) is 5.52. The van der Waals surface area contributed by atoms with Crippen LogP contribution >= 0.6 is 0 Å². The first-order valence-electron chi connectivity index (χ1n) is 9.05. The Morgan fingerprint density at radius 2 is 2.00 bits per heavy atom. The van der Waals surface area contributed by atoms with Crippen molar-refractivity contribution in [2.45, 2.75) is 58.0 Å². The molecule has 3 atom stereocenters. The number of nitrogens with zero attached hydrogens (tertiary/aromatic N) is 1. The molecule has 1 saturated carbocycles. The zero-order valence-corrected chi connectivity index (χ0v) is 16.3. The van der Waals surface area contributed by atoms with Crippen LogP contribution in [-0.2, 0) is 19.4 Å². The van der Waals surface area contributed by atoms with Crippen LogP contribution in [0, 0.1) is 11.3 Å². The van der Waals surface area contributed by atoms with E-state index in [1.165, 1.54) is 0 Å². The molecule has 2 saturated heterocycles. The first-order chi connectivity index (χ1) is 11.9. The molecule has 146 valence electrons. The van der Waals surface area contributed by atoms with Gasteiger partial charge in [-0.3, -0.25) is 14.5 Å². The second kappa shape index (κ2) is 6.21. The van der Waals surface area contributed by atoms with Gasteiger partial charge in [-0.25, -0.2) is 13.2 Å². The first-order valence-corrected chi connectivity index (χ1v) is 10.9. The summed E-state index contributed by atoms with van der Waals surface area (Å²) in [5.41, 5.74) is -1.01. The smallest absolute Gasteiger partial charge is 0.325 e. The van der Waals surface area contributed by atoms with Gasteiger partial charge in [0, 0.05) is 6.04 Å². The first kappa shape index (κ1) is 19.1. The van der Waals surface area contributed by atoms with Crippen LogP contribution in [0.3, 0.4) is 0 Å². The van der Waals surface area contributed by atoms with Gasteiger partial charge in [-0.05, 0) is 37.0 Å². The molecule has 4 amide bonds. The molecule has 2 heterocycles. The van der Waals surface area contributed by atoms with Crippen LogP contribution in [0.25, 0.3) is 0 Å². The highest BCUT2D eigenvalue weighted by Crippen LogP contribution is 2.46. The van der Waals surface area contributed by atoms with Gasteiger partial charge < -0.3 is 10.6 Å². The standard InChI is InChI=1S/C17H27N3O5S/c1-11-6-16(2,3)10-17(7-11)14(22)20(15(23)19-17)8-13(21)18-12-4-5-26(24,25)9-12/h11-12H,4-10H2,1-3H3,(H,18,21)(H,19,23). The Morgan fingerprint density at radius 1 is 1.31 bits per heavy atom. The summed E-state index contributed by atoms with van der Waals surface area (Å²) in [6.07, 6.45) is 2.46. The molecule has 3 unspecified atom stereocenters. The molecule has 0 aromatic heterocycles. The molecule has 8 nitrogen and oxygen atoms in total. The predicted octanol–water partition coefficient (Wildman–Crippen LogP) is 0.427. The van der Waals surface area contributed by atoms with Gasteiger partial charge in [-0.15, -0.1) is 0 Å². The van der Waals surface area contributed by atoms with Crippen molar-refractivity contribution >= 4 is 27.7 Å². The van der Waals surface area contributed by atoms with Crippen LogP contribution in [-0.4, -0.2) is 60.8 Å². The predicted molar refractivity (Wildman–Crippen MR) is 95.0 cm³/mol. The fraction of sp³-hybridized carbons (Fsp3) is 0.824. The van der Waals surface area contributed by atoms with Gasteiger partial charge in [0.2, 0.25) is 5.91 Å². The molecular weight excluding hydrogens is 358 g/mol. The van der Waals surface area contributed by atoms with Crippen LogP contribution in [0.15, 0.2) is 0 Å². The fourth-order valence-electron chi connectivity index (χ4n) is 4.98. The Bertz CT molecular complexity index is 747. The number of carbonyl (C=O) groups is 3. The third-order valence-corrected chi connectivity index (χ3v) is 7.29. The van der Waals surface area contributed by atoms with Gasteiger partial charge in [0.1, 0.15) is 12.1 Å². The lowest BCUT2D eigenvalue weighted by Gasteiger charge is -2.43. The number of nitrogens with one attached hydrogen (secondary N) is 2. The third kappa shape index (κ3) is 3.72. The maximum Gasteiger partial charge on any atom is 0.325 e. The second-order valence-electron chi connectivity index (χ2n) is 8.93. The minimum absolute atomic E-state index is 0.0527. The Balaban J connectivity index is 1.67. The van der Waals surface area contributed by atoms with Crippen LogP contribution in [0.4, 0.5) is 4.79 Å². The molecular formula is C17H27N3O5S. The summed E-state index contributed by atoms with van der Waals surface area (Å²) < 4.78 is 23.0. The van der Waals surface area contributed by atoms with Crippen LogP contribution in [0.5, 0.6) is 0 Å². The summed E-state index contributed by atoms with van der Waals surface area (Å²) in [5, 5.41) is 5.46. The Hall–Kier alpha value is -1.64. The number of hydrogen-bond acceptors (Lipinski definition) is 5. The lowest BCUT2D eigenvalue weighted by Crippen LogP contribution is -2.54. The van der Waals surface area contributed by atoms with E-state index in [-0.39, 0.29) is 29.4 Å². The summed E-state index contributed by atoms with van der Waals surface area (Å²) in [5.74, 6) is -0.598. The molecule has 3 aliphatic rings. The highest BCUT2D eigenvalue weighted by atomic mass is 32.2. The van der Waals surface area contributed by atoms with Crippen LogP contribution < -0.4 is 10.6 Å². The molecule has 0 radical (unpaired) electrons. The largest absolute Gasteiger partial charge is 0.351 e. The van der Waals surface area contributed by atoms with Gasteiger partial charge in [-0.2, -0.15) is 0 Å². The topological polar surface area (TPSA) is 113 Å². The van der Waals surface area contributed by atoms with Crippen molar-refractivity contribution in [3.05, 3.63) is 0 Å². The molecule has 3 rings (SSSR count). The van der Waals surface area contributed by atoms with E-state index in [4.69, 9.17) is 0 Å². The highest BCUT2D eigenvalue weighted by molar-refractivity contribution is 7.91. The number of imide groups is 1. The summed E-state index contributed by atoms with van der Waals surface area (Å²) >= 11 is 0. The van der Waals surface area contributed by atoms with Gasteiger partial charge in [0.15, 0.2) is 9.84 Å². The minimum atomic E-state index is -3.11. The summed E-state index contributed by atoms with van der Waals surface area (Å²) in [6.45, 7) is 5.86. The van der Waals surface area contributed by atoms with E-state index in [0.29, 0.717) is 25.2 Å². The molecule has 0 aromatic carbocycles. The van der Waals surface area contributed by atoms with Crippen molar-refractivity contribution in [3.63, 3.8) is 0 Å². The number of sulfone groups is 1. The average Bonchev–Trinajstić information content (AvgIpc) is 2.89. The number of rotatable bonds is 3. The minimum Gasteiger partial charge on any atom is -0.351 e. The molecule has 0 aromatic rings. The molecule has 2 aliphatic heterocycles. The van der Waals surface area contributed by atoms with E-state index in [1.54, 1.807) is 0 Å². The number of amides is 4. The maximum atomic E-state index is 13.0. The highest BCUT2D eigenvalue weighted by Gasteiger charge is 2.56. The van der Waals surface area contributed by atoms with E-state index in [9.17, 15) is 22.8 Å². The van der Waals surface area contributed by atoms with Crippen molar-refractivity contribution in [1.82, 2.24) is 15.5 Å². The lowest BCUT2D eigenvalue weighted by atomic mass is 9.64. The van der Waals surface area contributed by atoms with Crippen molar-refractivity contribution < 1.29 is 22.8 Å². The molecule has 1 spiro atoms. The normalized spacial score (nSPS) is 35.6. The van der Waals surface area contributed by atoms with E-state index in [2.05, 4.69) is 31.4 Å². The van der Waals surface area contributed by atoms with E-state index in [0.717, 1.165) is 11.3 Å². The van der Waals surface area contributed by atoms with Crippen molar-refractivity contribution in [1.29, 1.82) is 0 Å². The van der Waals surface area contributed by atoms with Gasteiger partial charge in [0.05, 0.1) is 11.5 Å². The number of carbonyl (C=O) groups excluding carboxylic acids is 3. The van der Waals surface area contributed by atoms with Gasteiger partial charge >= 0.3 is 6.03 Å². The Morgan fingerprint density at radius 3 is 2.58 bits per heavy atom. The van der Waals surface area contributed by atoms with Gasteiger partial charge in [0.25, 0.3) is 5.91 Å². The van der Waals surface area contributed by atoms with Gasteiger partial charge in [-0.1, -0.05) is 20.8 Å². The number of urea groups is 1. The average molecular weight is 385 g/mol. The lowest BCUT2D eigenvalue weighted by molar-refractivity contribution is -0.137. The van der Waals surface area contributed by atoms with Crippen LogP contribution in [0.2, 0.25) is 0 Å². The fourth-order valence-corrected chi connectivity index (χ4v) is 6.65. The molecule has 9 heteroatoms. The quantitative estimate of drug-likeness (QED) is 0.684. The Labute approximate surface area is 154 Å². The van der Waals surface area contributed by atoms with E-state index >= 15 is 0 Å². The zero-order chi connectivity index (χ0) is 19.3. The van der Waals surface area contributed by atoms with Crippen molar-refractivity contribution in [2.24, 2.45) is 11.3 Å². The zero-order valence-electron chi connectivity index (χ0n) is 15.5. The molecule has 0 bridgehead atoms. The monoisotopic (exact) mass is 385 g/mol. The number of hydrogen-bond donors (Lipinski definition) is 2. The molecule has 1 aliphatic carbocycles. The summed E-state index contributed by atoms with van der Waals surface area (Å²) in [7, 11) is -3.11. The molecule has 2 N–H and O–H groups in total. The maximum absolute atomic E-state index is 13.0. The Kier molecular flexibility index (Phi) is 4.57. The van der Waals surface area contributed by atoms with E-state index in [1.807, 2.05) is 0 Å². The molecule has 26 heavy (non-hydrogen) atoms. The summed E-state index contributed by atoms with van der Waals surface area (Å²) in [6, 6.07) is -0.995. The summed E-state index contributed by atoms with van der Waals surface area (Å²) in [4.78, 5) is 38.5. The van der Waals surface area contributed by atoms with Crippen molar-refractivity contribution in [2.75, 3.05) is 18.1 Å². The van der Waals surface area contributed by atoms with E-state index < -0.39 is 33.4 Å². The second-order valence-corrected chi connectivity index (χ2v) is 11.2. The van der Waals surface area contributed by atoms with Crippen molar-refractivity contribution in [3.8, 4) is 0 Å². The molecule has 3 fully saturated rings. The SMILES string of the molecule is CC1CC(C)(C)CC2(C1)NC(=O)N(CC(=O)NC1CCS(=O)(=O)C1)C2=O.